The zero-order valence-electron chi connectivity index (χ0n) is 9.08. The molecule has 0 aliphatic carbocycles. The fraction of sp³-hybridized carbons (Fsp3) is 0.500. The number of fused-ring (bicyclic) bond motifs is 1. The molecule has 0 saturated heterocycles. The van der Waals surface area contributed by atoms with Gasteiger partial charge in [-0.3, -0.25) is 0 Å². The number of likely N-dealkylation sites (N-methyl/N-ethyl adjacent to an activating group) is 1. The van der Waals surface area contributed by atoms with Crippen LogP contribution < -0.4 is 9.64 Å². The van der Waals surface area contributed by atoms with Crippen molar-refractivity contribution in [3.63, 3.8) is 0 Å². The van der Waals surface area contributed by atoms with Gasteiger partial charge in [0.2, 0.25) is 0 Å². The largest absolute Gasteiger partial charge is 0.497 e. The van der Waals surface area contributed by atoms with E-state index in [1.54, 1.807) is 7.11 Å². The molecule has 0 bridgehead atoms. The van der Waals surface area contributed by atoms with Gasteiger partial charge in [-0.1, -0.05) is 6.92 Å². The highest BCUT2D eigenvalue weighted by Crippen LogP contribution is 2.37. The minimum Gasteiger partial charge on any atom is -0.497 e. The summed E-state index contributed by atoms with van der Waals surface area (Å²) in [7, 11) is 1.72. The molecule has 1 unspecified atom stereocenters. The molecule has 0 radical (unpaired) electrons. The predicted octanol–water partition coefficient (Wildman–Crippen LogP) is 2.64. The van der Waals surface area contributed by atoms with Crippen LogP contribution in [0.15, 0.2) is 18.2 Å². The highest BCUT2D eigenvalue weighted by molar-refractivity contribution is 5.62. The lowest BCUT2D eigenvalue weighted by molar-refractivity contribution is 0.414. The summed E-state index contributed by atoms with van der Waals surface area (Å²) in [5.41, 5.74) is 2.80. The molecule has 1 heterocycles. The maximum absolute atomic E-state index is 5.24. The van der Waals surface area contributed by atoms with Gasteiger partial charge in [0.05, 0.1) is 7.11 Å². The highest BCUT2D eigenvalue weighted by atomic mass is 16.5. The van der Waals surface area contributed by atoms with Crippen LogP contribution in [0.4, 0.5) is 5.69 Å². The Labute approximate surface area is 85.5 Å². The second kappa shape index (κ2) is 3.52. The minimum absolute atomic E-state index is 0.625. The molecule has 1 atom stereocenters. The Hall–Kier alpha value is -1.18. The fourth-order valence-electron chi connectivity index (χ4n) is 2.17. The van der Waals surface area contributed by atoms with Gasteiger partial charge in [0.1, 0.15) is 5.75 Å². The summed E-state index contributed by atoms with van der Waals surface area (Å²) in [5.74, 6) is 1.59. The molecule has 14 heavy (non-hydrogen) atoms. The number of hydrogen-bond acceptors (Lipinski definition) is 2. The molecule has 1 aromatic rings. The van der Waals surface area contributed by atoms with E-state index in [4.69, 9.17) is 4.74 Å². The van der Waals surface area contributed by atoms with E-state index in [0.29, 0.717) is 5.92 Å². The minimum atomic E-state index is 0.625. The van der Waals surface area contributed by atoms with Crippen molar-refractivity contribution in [1.29, 1.82) is 0 Å². The van der Waals surface area contributed by atoms with Gasteiger partial charge in [-0.05, 0) is 30.7 Å². The normalized spacial score (nSPS) is 19.6. The Balaban J connectivity index is 2.41. The molecular formula is C12H17NO. The van der Waals surface area contributed by atoms with E-state index in [2.05, 4.69) is 30.9 Å². The lowest BCUT2D eigenvalue weighted by Gasteiger charge is -2.16. The van der Waals surface area contributed by atoms with Gasteiger partial charge in [0.25, 0.3) is 0 Å². The smallest absolute Gasteiger partial charge is 0.119 e. The molecule has 1 aliphatic rings. The van der Waals surface area contributed by atoms with E-state index in [1.165, 1.54) is 11.3 Å². The Morgan fingerprint density at radius 3 is 2.93 bits per heavy atom. The molecule has 0 saturated carbocycles. The van der Waals surface area contributed by atoms with Crippen molar-refractivity contribution in [2.75, 3.05) is 25.1 Å². The third-order valence-corrected chi connectivity index (χ3v) is 2.98. The third-order valence-electron chi connectivity index (χ3n) is 2.98. The molecule has 0 spiro atoms. The number of hydrogen-bond donors (Lipinski definition) is 0. The predicted molar refractivity (Wildman–Crippen MR) is 59.3 cm³/mol. The Morgan fingerprint density at radius 2 is 2.29 bits per heavy atom. The Morgan fingerprint density at radius 1 is 1.50 bits per heavy atom. The molecule has 2 rings (SSSR count). The van der Waals surface area contributed by atoms with Gasteiger partial charge in [0, 0.05) is 24.7 Å². The first-order valence-electron chi connectivity index (χ1n) is 5.19. The van der Waals surface area contributed by atoms with Gasteiger partial charge in [-0.25, -0.2) is 0 Å². The zero-order chi connectivity index (χ0) is 10.1. The topological polar surface area (TPSA) is 12.5 Å². The second-order valence-electron chi connectivity index (χ2n) is 3.86. The van der Waals surface area contributed by atoms with Gasteiger partial charge < -0.3 is 9.64 Å². The first kappa shape index (κ1) is 9.38. The lowest BCUT2D eigenvalue weighted by atomic mass is 10.0. The first-order valence-corrected chi connectivity index (χ1v) is 5.19. The number of nitrogens with zero attached hydrogens (tertiary/aromatic N) is 1. The number of rotatable bonds is 2. The molecule has 0 N–H and O–H groups in total. The molecule has 2 heteroatoms. The monoisotopic (exact) mass is 191 g/mol. The third kappa shape index (κ3) is 1.35. The van der Waals surface area contributed by atoms with Crippen LogP contribution in [0, 0.1) is 0 Å². The average molecular weight is 191 g/mol. The summed E-state index contributed by atoms with van der Waals surface area (Å²) in [6.45, 7) is 6.70. The summed E-state index contributed by atoms with van der Waals surface area (Å²) in [6.07, 6.45) is 0. The van der Waals surface area contributed by atoms with Crippen LogP contribution in [0.3, 0.4) is 0 Å². The summed E-state index contributed by atoms with van der Waals surface area (Å²) in [6, 6.07) is 6.37. The zero-order valence-corrected chi connectivity index (χ0v) is 9.08. The Bertz CT molecular complexity index is 335. The van der Waals surface area contributed by atoms with Crippen molar-refractivity contribution in [3.05, 3.63) is 23.8 Å². The van der Waals surface area contributed by atoms with Crippen molar-refractivity contribution < 1.29 is 4.74 Å². The molecule has 0 aromatic heterocycles. The van der Waals surface area contributed by atoms with Crippen molar-refractivity contribution in [3.8, 4) is 5.75 Å². The van der Waals surface area contributed by atoms with Gasteiger partial charge in [0.15, 0.2) is 0 Å². The van der Waals surface area contributed by atoms with Crippen LogP contribution in [0.2, 0.25) is 0 Å². The van der Waals surface area contributed by atoms with Crippen LogP contribution in [-0.4, -0.2) is 20.2 Å². The quantitative estimate of drug-likeness (QED) is 0.712. The van der Waals surface area contributed by atoms with Gasteiger partial charge in [-0.15, -0.1) is 0 Å². The second-order valence-corrected chi connectivity index (χ2v) is 3.86. The molecule has 1 aromatic carbocycles. The number of benzene rings is 1. The molecule has 76 valence electrons. The number of anilines is 1. The van der Waals surface area contributed by atoms with E-state index < -0.39 is 0 Å². The maximum atomic E-state index is 5.24. The molecule has 1 aliphatic heterocycles. The lowest BCUT2D eigenvalue weighted by Crippen LogP contribution is -2.20. The van der Waals surface area contributed by atoms with Crippen molar-refractivity contribution in [2.24, 2.45) is 0 Å². The van der Waals surface area contributed by atoms with Crippen molar-refractivity contribution in [2.45, 2.75) is 19.8 Å². The van der Waals surface area contributed by atoms with Gasteiger partial charge >= 0.3 is 0 Å². The number of methoxy groups -OCH3 is 1. The molecule has 0 amide bonds. The van der Waals surface area contributed by atoms with E-state index >= 15 is 0 Å². The Kier molecular flexibility index (Phi) is 2.36. The summed E-state index contributed by atoms with van der Waals surface area (Å²) < 4.78 is 5.24. The van der Waals surface area contributed by atoms with E-state index in [1.807, 2.05) is 6.07 Å². The van der Waals surface area contributed by atoms with Gasteiger partial charge in [-0.2, -0.15) is 0 Å². The average Bonchev–Trinajstić information content (AvgIpc) is 2.55. The van der Waals surface area contributed by atoms with Crippen LogP contribution in [0.1, 0.15) is 25.3 Å². The highest BCUT2D eigenvalue weighted by Gasteiger charge is 2.24. The van der Waals surface area contributed by atoms with E-state index in [0.717, 1.165) is 18.8 Å². The molecular weight excluding hydrogens is 174 g/mol. The summed E-state index contributed by atoms with van der Waals surface area (Å²) in [4.78, 5) is 2.42. The SMILES string of the molecule is CCN1CC(C)c2cc(OC)ccc21. The van der Waals surface area contributed by atoms with Crippen LogP contribution in [-0.2, 0) is 0 Å². The van der Waals surface area contributed by atoms with Crippen LogP contribution in [0.25, 0.3) is 0 Å². The maximum Gasteiger partial charge on any atom is 0.119 e. The number of ether oxygens (including phenoxy) is 1. The summed E-state index contributed by atoms with van der Waals surface area (Å²) >= 11 is 0. The van der Waals surface area contributed by atoms with Crippen molar-refractivity contribution in [1.82, 2.24) is 0 Å². The van der Waals surface area contributed by atoms with Crippen molar-refractivity contribution >= 4 is 5.69 Å². The fourth-order valence-corrected chi connectivity index (χ4v) is 2.17. The van der Waals surface area contributed by atoms with Crippen LogP contribution in [0.5, 0.6) is 5.75 Å². The van der Waals surface area contributed by atoms with E-state index in [-0.39, 0.29) is 0 Å². The molecule has 2 nitrogen and oxygen atoms in total. The standard InChI is InChI=1S/C12H17NO/c1-4-13-8-9(2)11-7-10(14-3)5-6-12(11)13/h5-7,9H,4,8H2,1-3H3. The molecule has 0 fully saturated rings. The van der Waals surface area contributed by atoms with E-state index in [9.17, 15) is 0 Å². The van der Waals surface area contributed by atoms with Crippen LogP contribution >= 0.6 is 0 Å². The summed E-state index contributed by atoms with van der Waals surface area (Å²) in [5, 5.41) is 0. The first-order chi connectivity index (χ1) is 6.76.